The lowest BCUT2D eigenvalue weighted by Crippen LogP contribution is -1.98. The zero-order valence-corrected chi connectivity index (χ0v) is 13.0. The van der Waals surface area contributed by atoms with Crippen molar-refractivity contribution in [3.63, 3.8) is 0 Å². The molecule has 0 fully saturated rings. The third-order valence-corrected chi connectivity index (χ3v) is 3.67. The molecule has 0 aliphatic heterocycles. The van der Waals surface area contributed by atoms with Crippen molar-refractivity contribution in [2.75, 3.05) is 6.67 Å². The molecule has 0 spiro atoms. The third kappa shape index (κ3) is 3.40. The molecule has 2 nitrogen and oxygen atoms in total. The summed E-state index contributed by atoms with van der Waals surface area (Å²) in [5.41, 5.74) is -0.387. The maximum atomic E-state index is 14.1. The van der Waals surface area contributed by atoms with E-state index >= 15 is 0 Å². The highest BCUT2D eigenvalue weighted by atomic mass is 19.2. The van der Waals surface area contributed by atoms with Crippen LogP contribution in [0.25, 0.3) is 22.5 Å². The summed E-state index contributed by atoms with van der Waals surface area (Å²) in [5.74, 6) is -6.42. The van der Waals surface area contributed by atoms with E-state index in [0.717, 1.165) is 24.5 Å². The summed E-state index contributed by atoms with van der Waals surface area (Å²) < 4.78 is 80.1. The summed E-state index contributed by atoms with van der Waals surface area (Å²) in [7, 11) is 0. The van der Waals surface area contributed by atoms with Crippen LogP contribution in [0.15, 0.2) is 36.7 Å². The highest BCUT2D eigenvalue weighted by molar-refractivity contribution is 5.65. The molecule has 3 rings (SSSR count). The summed E-state index contributed by atoms with van der Waals surface area (Å²) in [6.45, 7) is -0.749. The minimum atomic E-state index is -1.62. The number of aryl methyl sites for hydroxylation is 1. The van der Waals surface area contributed by atoms with E-state index in [-0.39, 0.29) is 28.9 Å². The van der Waals surface area contributed by atoms with Crippen molar-refractivity contribution < 1.29 is 26.3 Å². The van der Waals surface area contributed by atoms with Crippen molar-refractivity contribution in [3.8, 4) is 22.5 Å². The van der Waals surface area contributed by atoms with E-state index in [9.17, 15) is 26.3 Å². The highest BCUT2D eigenvalue weighted by Crippen LogP contribution is 2.28. The Balaban J connectivity index is 1.98. The predicted octanol–water partition coefficient (Wildman–Crippen LogP) is 5.02. The van der Waals surface area contributed by atoms with Gasteiger partial charge in [0.15, 0.2) is 23.3 Å². The van der Waals surface area contributed by atoms with E-state index < -0.39 is 41.3 Å². The molecular weight excluding hydrogens is 358 g/mol. The van der Waals surface area contributed by atoms with Crippen LogP contribution in [-0.4, -0.2) is 16.6 Å². The lowest BCUT2D eigenvalue weighted by Gasteiger charge is -2.08. The zero-order valence-electron chi connectivity index (χ0n) is 13.0. The standard InChI is InChI=1S/C18H10F6N2/c19-2-1-9-3-12(20)16(13(21)4-9)11-7-25-18(26-8-11)10-5-14(22)17(24)15(23)6-10/h3-8H,1-2H2. The van der Waals surface area contributed by atoms with Gasteiger partial charge < -0.3 is 0 Å². The molecule has 0 atom stereocenters. The molecule has 0 aliphatic carbocycles. The van der Waals surface area contributed by atoms with Crippen molar-refractivity contribution in [2.45, 2.75) is 6.42 Å². The van der Waals surface area contributed by atoms with Crippen molar-refractivity contribution in [1.82, 2.24) is 9.97 Å². The molecule has 0 radical (unpaired) electrons. The number of nitrogens with zero attached hydrogens (tertiary/aromatic N) is 2. The largest absolute Gasteiger partial charge is 0.251 e. The minimum absolute atomic E-state index is 0.0152. The van der Waals surface area contributed by atoms with Gasteiger partial charge in [-0.25, -0.2) is 31.9 Å². The summed E-state index contributed by atoms with van der Waals surface area (Å²) >= 11 is 0. The molecule has 1 heterocycles. The average molecular weight is 368 g/mol. The van der Waals surface area contributed by atoms with E-state index in [1.165, 1.54) is 0 Å². The van der Waals surface area contributed by atoms with Crippen molar-refractivity contribution in [3.05, 3.63) is 71.3 Å². The predicted molar refractivity (Wildman–Crippen MR) is 82.4 cm³/mol. The molecule has 3 aromatic rings. The van der Waals surface area contributed by atoms with Crippen LogP contribution in [0.1, 0.15) is 5.56 Å². The molecule has 0 unspecified atom stereocenters. The van der Waals surface area contributed by atoms with Crippen molar-refractivity contribution in [2.24, 2.45) is 0 Å². The topological polar surface area (TPSA) is 25.8 Å². The first-order valence-corrected chi connectivity index (χ1v) is 7.42. The SMILES string of the molecule is FCCc1cc(F)c(-c2cnc(-c3cc(F)c(F)c(F)c3)nc2)c(F)c1. The van der Waals surface area contributed by atoms with E-state index in [1.54, 1.807) is 0 Å². The number of benzene rings is 2. The fourth-order valence-electron chi connectivity index (χ4n) is 2.45. The Morgan fingerprint density at radius 1 is 0.692 bits per heavy atom. The van der Waals surface area contributed by atoms with Gasteiger partial charge in [0, 0.05) is 29.9 Å². The van der Waals surface area contributed by atoms with Crippen LogP contribution in [0.5, 0.6) is 0 Å². The maximum Gasteiger partial charge on any atom is 0.194 e. The molecule has 0 N–H and O–H groups in total. The van der Waals surface area contributed by atoms with Crippen LogP contribution >= 0.6 is 0 Å². The van der Waals surface area contributed by atoms with Gasteiger partial charge in [0.2, 0.25) is 0 Å². The Bertz CT molecular complexity index is 910. The maximum absolute atomic E-state index is 14.1. The van der Waals surface area contributed by atoms with Gasteiger partial charge >= 0.3 is 0 Å². The van der Waals surface area contributed by atoms with Crippen LogP contribution < -0.4 is 0 Å². The van der Waals surface area contributed by atoms with Crippen LogP contribution in [0.3, 0.4) is 0 Å². The number of rotatable bonds is 4. The molecule has 0 amide bonds. The first-order valence-electron chi connectivity index (χ1n) is 7.42. The Morgan fingerprint density at radius 3 is 1.73 bits per heavy atom. The van der Waals surface area contributed by atoms with Gasteiger partial charge in [0.25, 0.3) is 0 Å². The summed E-state index contributed by atoms with van der Waals surface area (Å²) in [5, 5.41) is 0. The van der Waals surface area contributed by atoms with E-state index in [2.05, 4.69) is 9.97 Å². The lowest BCUT2D eigenvalue weighted by atomic mass is 10.0. The van der Waals surface area contributed by atoms with E-state index in [4.69, 9.17) is 0 Å². The van der Waals surface area contributed by atoms with Crippen LogP contribution in [0.4, 0.5) is 26.3 Å². The number of aromatic nitrogens is 2. The van der Waals surface area contributed by atoms with Crippen molar-refractivity contribution in [1.29, 1.82) is 0 Å². The Morgan fingerprint density at radius 2 is 1.23 bits per heavy atom. The number of halogens is 6. The van der Waals surface area contributed by atoms with Gasteiger partial charge in [0.05, 0.1) is 12.2 Å². The van der Waals surface area contributed by atoms with Crippen LogP contribution in [-0.2, 0) is 6.42 Å². The molecule has 134 valence electrons. The lowest BCUT2D eigenvalue weighted by molar-refractivity contribution is 0.447. The van der Waals surface area contributed by atoms with Gasteiger partial charge in [0.1, 0.15) is 11.6 Å². The second kappa shape index (κ2) is 7.15. The highest BCUT2D eigenvalue weighted by Gasteiger charge is 2.16. The molecule has 2 aromatic carbocycles. The fraction of sp³-hybridized carbons (Fsp3) is 0.111. The molecule has 0 aliphatic rings. The molecule has 0 saturated heterocycles. The number of hydrogen-bond donors (Lipinski definition) is 0. The Hall–Kier alpha value is -2.90. The monoisotopic (exact) mass is 368 g/mol. The summed E-state index contributed by atoms with van der Waals surface area (Å²) in [6, 6.07) is 3.44. The Labute approximate surface area is 144 Å². The molecule has 0 bridgehead atoms. The molecule has 26 heavy (non-hydrogen) atoms. The minimum Gasteiger partial charge on any atom is -0.251 e. The van der Waals surface area contributed by atoms with Crippen LogP contribution in [0, 0.1) is 29.1 Å². The average Bonchev–Trinajstić information content (AvgIpc) is 2.59. The number of alkyl halides is 1. The first kappa shape index (κ1) is 17.9. The van der Waals surface area contributed by atoms with Gasteiger partial charge in [-0.2, -0.15) is 0 Å². The first-order chi connectivity index (χ1) is 12.4. The third-order valence-electron chi connectivity index (χ3n) is 3.67. The summed E-state index contributed by atoms with van der Waals surface area (Å²) in [4.78, 5) is 7.64. The van der Waals surface area contributed by atoms with Gasteiger partial charge in [-0.3, -0.25) is 4.39 Å². The van der Waals surface area contributed by atoms with E-state index in [0.29, 0.717) is 12.1 Å². The van der Waals surface area contributed by atoms with Gasteiger partial charge in [-0.05, 0) is 29.8 Å². The second-order valence-corrected chi connectivity index (χ2v) is 5.42. The quantitative estimate of drug-likeness (QED) is 0.477. The fourth-order valence-corrected chi connectivity index (χ4v) is 2.45. The molecule has 8 heteroatoms. The molecular formula is C18H10F6N2. The van der Waals surface area contributed by atoms with Gasteiger partial charge in [-0.1, -0.05) is 0 Å². The normalized spacial score (nSPS) is 11.0. The van der Waals surface area contributed by atoms with Gasteiger partial charge in [-0.15, -0.1) is 0 Å². The second-order valence-electron chi connectivity index (χ2n) is 5.42. The Kier molecular flexibility index (Phi) is 4.92. The molecule has 1 aromatic heterocycles. The van der Waals surface area contributed by atoms with E-state index in [1.807, 2.05) is 0 Å². The summed E-state index contributed by atoms with van der Waals surface area (Å²) in [6.07, 6.45) is 2.01. The molecule has 0 saturated carbocycles. The smallest absolute Gasteiger partial charge is 0.194 e. The van der Waals surface area contributed by atoms with Crippen LogP contribution in [0.2, 0.25) is 0 Å². The number of hydrogen-bond acceptors (Lipinski definition) is 2. The zero-order chi connectivity index (χ0) is 18.8. The van der Waals surface area contributed by atoms with Crippen molar-refractivity contribution >= 4 is 0 Å².